The van der Waals surface area contributed by atoms with Crippen molar-refractivity contribution in [2.24, 2.45) is 5.92 Å². The number of aromatic nitrogens is 3. The van der Waals surface area contributed by atoms with Crippen LogP contribution in [0.2, 0.25) is 0 Å². The minimum absolute atomic E-state index is 0.0338. The van der Waals surface area contributed by atoms with Crippen LogP contribution in [0.5, 0.6) is 0 Å². The van der Waals surface area contributed by atoms with Crippen LogP contribution < -0.4 is 10.9 Å². The lowest BCUT2D eigenvalue weighted by atomic mass is 10.1. The molecule has 0 bridgehead atoms. The average molecular weight is 439 g/mol. The first kappa shape index (κ1) is 19.8. The van der Waals surface area contributed by atoms with Crippen LogP contribution in [0, 0.1) is 17.2 Å². The molecule has 0 radical (unpaired) electrons. The second-order valence-corrected chi connectivity index (χ2v) is 10.1. The number of aromatic amines is 1. The molecule has 1 aromatic carbocycles. The average Bonchev–Trinajstić information content (AvgIpc) is 3.46. The topological polar surface area (TPSA) is 141 Å². The Morgan fingerprint density at radius 1 is 1.35 bits per heavy atom. The SMILES string of the molecule is N#CCCC(C1CC1)n1nc(Nc2ccc3c(c2)C(O)CS3(=O)=O)c2c(=O)[nH]ccc21. The summed E-state index contributed by atoms with van der Waals surface area (Å²) in [6.07, 6.45) is 3.71. The lowest BCUT2D eigenvalue weighted by molar-refractivity contribution is 0.204. The number of nitrogens with one attached hydrogen (secondary N) is 2. The fraction of sp³-hybridized carbons (Fsp3) is 0.381. The highest BCUT2D eigenvalue weighted by Crippen LogP contribution is 2.43. The molecule has 3 N–H and O–H groups in total. The van der Waals surface area contributed by atoms with Crippen LogP contribution in [0.15, 0.2) is 40.2 Å². The van der Waals surface area contributed by atoms with Gasteiger partial charge in [0.2, 0.25) is 0 Å². The summed E-state index contributed by atoms with van der Waals surface area (Å²) >= 11 is 0. The molecule has 2 aromatic heterocycles. The first-order valence-electron chi connectivity index (χ1n) is 10.2. The van der Waals surface area contributed by atoms with Gasteiger partial charge in [-0.1, -0.05) is 0 Å². The lowest BCUT2D eigenvalue weighted by Gasteiger charge is -2.16. The number of hydrogen-bond donors (Lipinski definition) is 3. The number of fused-ring (bicyclic) bond motifs is 2. The number of aliphatic hydroxyl groups excluding tert-OH is 1. The minimum atomic E-state index is -3.48. The molecule has 9 nitrogen and oxygen atoms in total. The fourth-order valence-corrected chi connectivity index (χ4v) is 5.99. The molecule has 5 rings (SSSR count). The van der Waals surface area contributed by atoms with Crippen molar-refractivity contribution in [2.75, 3.05) is 11.1 Å². The van der Waals surface area contributed by atoms with Gasteiger partial charge in [-0.25, -0.2) is 8.42 Å². The highest BCUT2D eigenvalue weighted by Gasteiger charge is 2.35. The Bertz CT molecular complexity index is 1380. The number of H-pyrrole nitrogens is 1. The highest BCUT2D eigenvalue weighted by molar-refractivity contribution is 7.91. The molecule has 3 aromatic rings. The molecule has 0 amide bonds. The third-order valence-electron chi connectivity index (χ3n) is 6.01. The molecule has 2 atom stereocenters. The van der Waals surface area contributed by atoms with Crippen molar-refractivity contribution in [2.45, 2.75) is 42.7 Å². The van der Waals surface area contributed by atoms with Crippen LogP contribution in [0.3, 0.4) is 0 Å². The van der Waals surface area contributed by atoms with Gasteiger partial charge in [0.15, 0.2) is 15.7 Å². The van der Waals surface area contributed by atoms with Crippen molar-refractivity contribution < 1.29 is 13.5 Å². The summed E-state index contributed by atoms with van der Waals surface area (Å²) in [6, 6.07) is 8.68. The normalized spacial score (nSPS) is 20.3. The number of rotatable bonds is 6. The maximum Gasteiger partial charge on any atom is 0.261 e. The van der Waals surface area contributed by atoms with Gasteiger partial charge < -0.3 is 15.4 Å². The van der Waals surface area contributed by atoms with Crippen molar-refractivity contribution in [1.29, 1.82) is 5.26 Å². The number of benzene rings is 1. The molecule has 10 heteroatoms. The van der Waals surface area contributed by atoms with Gasteiger partial charge in [0.1, 0.15) is 5.39 Å². The highest BCUT2D eigenvalue weighted by atomic mass is 32.2. The van der Waals surface area contributed by atoms with E-state index in [1.807, 2.05) is 4.68 Å². The summed E-state index contributed by atoms with van der Waals surface area (Å²) < 4.78 is 26.1. The van der Waals surface area contributed by atoms with Crippen molar-refractivity contribution in [3.05, 3.63) is 46.4 Å². The Kier molecular flexibility index (Phi) is 4.60. The van der Waals surface area contributed by atoms with Gasteiger partial charge in [0.25, 0.3) is 5.56 Å². The van der Waals surface area contributed by atoms with Crippen molar-refractivity contribution in [3.63, 3.8) is 0 Å². The van der Waals surface area contributed by atoms with Crippen LogP contribution in [0.1, 0.15) is 43.4 Å². The van der Waals surface area contributed by atoms with Crippen LogP contribution in [-0.4, -0.2) is 34.0 Å². The molecule has 1 saturated carbocycles. The van der Waals surface area contributed by atoms with E-state index in [-0.39, 0.29) is 22.2 Å². The number of pyridine rings is 1. The van der Waals surface area contributed by atoms with Crippen LogP contribution in [0.4, 0.5) is 11.5 Å². The van der Waals surface area contributed by atoms with E-state index in [1.165, 1.54) is 6.07 Å². The smallest absolute Gasteiger partial charge is 0.261 e. The zero-order valence-corrected chi connectivity index (χ0v) is 17.4. The van der Waals surface area contributed by atoms with Crippen LogP contribution in [0.25, 0.3) is 10.9 Å². The fourth-order valence-electron chi connectivity index (χ4n) is 4.38. The third-order valence-corrected chi connectivity index (χ3v) is 7.80. The molecular weight excluding hydrogens is 418 g/mol. The molecule has 3 heterocycles. The Balaban J connectivity index is 1.58. The van der Waals surface area contributed by atoms with Crippen LogP contribution >= 0.6 is 0 Å². The standard InChI is InChI=1S/C21H21N5O4S/c22-8-1-2-15(12-3-4-12)26-16-7-9-23-21(28)19(16)20(25-26)24-13-5-6-18-14(10-13)17(27)11-31(18,29)30/h5-7,9-10,12,15,17,27H,1-4,11H2,(H,23,28)(H,24,25). The molecule has 2 aliphatic rings. The number of nitrogens with zero attached hydrogens (tertiary/aromatic N) is 3. The first-order valence-corrected chi connectivity index (χ1v) is 11.8. The third kappa shape index (κ3) is 3.40. The van der Waals surface area contributed by atoms with Crippen molar-refractivity contribution in [3.8, 4) is 6.07 Å². The second-order valence-electron chi connectivity index (χ2n) is 8.14. The van der Waals surface area contributed by atoms with E-state index in [2.05, 4.69) is 16.4 Å². The van der Waals surface area contributed by atoms with Gasteiger partial charge in [0.05, 0.1) is 34.4 Å². The molecule has 1 aliphatic heterocycles. The molecular formula is C21H21N5O4S. The molecule has 160 valence electrons. The van der Waals surface area contributed by atoms with Crippen LogP contribution in [-0.2, 0) is 9.84 Å². The van der Waals surface area contributed by atoms with Gasteiger partial charge >= 0.3 is 0 Å². The Morgan fingerprint density at radius 3 is 2.90 bits per heavy atom. The zero-order chi connectivity index (χ0) is 21.8. The summed E-state index contributed by atoms with van der Waals surface area (Å²) in [5.74, 6) is 0.462. The monoisotopic (exact) mass is 439 g/mol. The first-order chi connectivity index (χ1) is 14.9. The molecule has 1 aliphatic carbocycles. The van der Waals surface area contributed by atoms with Gasteiger partial charge in [-0.05, 0) is 49.4 Å². The molecule has 0 saturated heterocycles. The number of sulfone groups is 1. The molecule has 0 spiro atoms. The predicted molar refractivity (Wildman–Crippen MR) is 114 cm³/mol. The quantitative estimate of drug-likeness (QED) is 0.536. The Hall–Kier alpha value is -3.16. The van der Waals surface area contributed by atoms with Crippen molar-refractivity contribution in [1.82, 2.24) is 14.8 Å². The summed E-state index contributed by atoms with van der Waals surface area (Å²) in [7, 11) is -3.48. The predicted octanol–water partition coefficient (Wildman–Crippen LogP) is 2.54. The Labute approximate surface area is 178 Å². The zero-order valence-electron chi connectivity index (χ0n) is 16.6. The lowest BCUT2D eigenvalue weighted by Crippen LogP contribution is -2.13. The van der Waals surface area contributed by atoms with E-state index in [1.54, 1.807) is 24.4 Å². The maximum atomic E-state index is 12.6. The number of hydrogen-bond acceptors (Lipinski definition) is 7. The summed E-state index contributed by atoms with van der Waals surface area (Å²) in [5, 5.41) is 27.4. The Morgan fingerprint density at radius 2 is 2.16 bits per heavy atom. The van der Waals surface area contributed by atoms with Gasteiger partial charge in [0, 0.05) is 23.9 Å². The van der Waals surface area contributed by atoms with E-state index in [0.29, 0.717) is 46.7 Å². The van der Waals surface area contributed by atoms with Gasteiger partial charge in [-0.15, -0.1) is 0 Å². The largest absolute Gasteiger partial charge is 0.387 e. The summed E-state index contributed by atoms with van der Waals surface area (Å²) in [4.78, 5) is 15.4. The van der Waals surface area contributed by atoms with E-state index >= 15 is 0 Å². The van der Waals surface area contributed by atoms with Gasteiger partial charge in [-0.2, -0.15) is 10.4 Å². The molecule has 2 unspecified atom stereocenters. The second kappa shape index (κ2) is 7.21. The van der Waals surface area contributed by atoms with Crippen molar-refractivity contribution >= 4 is 32.2 Å². The minimum Gasteiger partial charge on any atom is -0.387 e. The van der Waals surface area contributed by atoms with E-state index in [9.17, 15) is 18.3 Å². The van der Waals surface area contributed by atoms with E-state index in [0.717, 1.165) is 12.8 Å². The molecule has 31 heavy (non-hydrogen) atoms. The molecule has 1 fully saturated rings. The summed E-state index contributed by atoms with van der Waals surface area (Å²) in [6.45, 7) is 0. The number of aliphatic hydroxyl groups is 1. The summed E-state index contributed by atoms with van der Waals surface area (Å²) in [5.41, 5.74) is 1.27. The van der Waals surface area contributed by atoms with Gasteiger partial charge in [-0.3, -0.25) is 9.48 Å². The van der Waals surface area contributed by atoms with E-state index < -0.39 is 15.9 Å². The number of nitriles is 1. The maximum absolute atomic E-state index is 12.6. The van der Waals surface area contributed by atoms with E-state index in [4.69, 9.17) is 10.4 Å². The number of anilines is 2.